The lowest BCUT2D eigenvalue weighted by Crippen LogP contribution is -2.08. The Kier molecular flexibility index (Phi) is 4.73. The molecule has 0 amide bonds. The molecule has 106 valence electrons. The highest BCUT2D eigenvalue weighted by Gasteiger charge is 2.11. The minimum Gasteiger partial charge on any atom is -0.488 e. The van der Waals surface area contributed by atoms with Crippen LogP contribution in [0.4, 0.5) is 8.78 Å². The molecule has 2 N–H and O–H groups in total. The van der Waals surface area contributed by atoms with Crippen molar-refractivity contribution in [3.05, 3.63) is 63.6 Å². The third-order valence-electron chi connectivity index (χ3n) is 2.85. The van der Waals surface area contributed by atoms with Gasteiger partial charge in [0.1, 0.15) is 24.0 Å². The van der Waals surface area contributed by atoms with Gasteiger partial charge in [-0.05, 0) is 43.3 Å². The van der Waals surface area contributed by atoms with Crippen LogP contribution in [0.5, 0.6) is 5.75 Å². The van der Waals surface area contributed by atoms with Crippen molar-refractivity contribution in [2.24, 2.45) is 5.73 Å². The van der Waals surface area contributed by atoms with Gasteiger partial charge in [-0.2, -0.15) is 0 Å². The molecular formula is C15H14BrF2NO. The molecule has 5 heteroatoms. The molecule has 0 radical (unpaired) electrons. The molecule has 0 spiro atoms. The lowest BCUT2D eigenvalue weighted by Gasteiger charge is -2.15. The van der Waals surface area contributed by atoms with Gasteiger partial charge in [-0.3, -0.25) is 0 Å². The van der Waals surface area contributed by atoms with Crippen LogP contribution in [-0.2, 0) is 6.61 Å². The van der Waals surface area contributed by atoms with Gasteiger partial charge < -0.3 is 10.5 Å². The number of hydrogen-bond acceptors (Lipinski definition) is 2. The molecule has 0 unspecified atom stereocenters. The smallest absolute Gasteiger partial charge is 0.130 e. The van der Waals surface area contributed by atoms with Gasteiger partial charge in [0, 0.05) is 21.6 Å². The van der Waals surface area contributed by atoms with Crippen molar-refractivity contribution in [2.45, 2.75) is 19.6 Å². The van der Waals surface area contributed by atoms with Gasteiger partial charge in [0.2, 0.25) is 0 Å². The Morgan fingerprint density at radius 2 is 1.95 bits per heavy atom. The first-order chi connectivity index (χ1) is 9.47. The SMILES string of the molecule is C[C@H](N)c1cc(Br)ccc1OCc1cc(F)ccc1F. The molecule has 0 fully saturated rings. The van der Waals surface area contributed by atoms with E-state index >= 15 is 0 Å². The summed E-state index contributed by atoms with van der Waals surface area (Å²) in [5.41, 5.74) is 6.84. The van der Waals surface area contributed by atoms with Gasteiger partial charge >= 0.3 is 0 Å². The first-order valence-corrected chi connectivity index (χ1v) is 6.88. The second-order valence-corrected chi connectivity index (χ2v) is 5.41. The number of halogens is 3. The van der Waals surface area contributed by atoms with E-state index in [4.69, 9.17) is 10.5 Å². The van der Waals surface area contributed by atoms with Gasteiger partial charge in [0.25, 0.3) is 0 Å². The van der Waals surface area contributed by atoms with E-state index in [0.29, 0.717) is 5.75 Å². The van der Waals surface area contributed by atoms with Crippen LogP contribution in [0.15, 0.2) is 40.9 Å². The van der Waals surface area contributed by atoms with Gasteiger partial charge in [0.15, 0.2) is 0 Å². The molecule has 0 aromatic heterocycles. The summed E-state index contributed by atoms with van der Waals surface area (Å²) in [5, 5.41) is 0. The fraction of sp³-hybridized carbons (Fsp3) is 0.200. The van der Waals surface area contributed by atoms with E-state index < -0.39 is 11.6 Å². The van der Waals surface area contributed by atoms with Crippen molar-refractivity contribution in [2.75, 3.05) is 0 Å². The lowest BCUT2D eigenvalue weighted by atomic mass is 10.1. The summed E-state index contributed by atoms with van der Waals surface area (Å²) in [6.45, 7) is 1.78. The van der Waals surface area contributed by atoms with E-state index in [0.717, 1.165) is 28.2 Å². The Morgan fingerprint density at radius 3 is 2.65 bits per heavy atom. The zero-order chi connectivity index (χ0) is 14.7. The molecule has 2 aromatic rings. The number of nitrogens with two attached hydrogens (primary N) is 1. The highest BCUT2D eigenvalue weighted by Crippen LogP contribution is 2.28. The molecule has 0 aliphatic carbocycles. The van der Waals surface area contributed by atoms with Crippen LogP contribution >= 0.6 is 15.9 Å². The van der Waals surface area contributed by atoms with E-state index in [-0.39, 0.29) is 18.2 Å². The highest BCUT2D eigenvalue weighted by atomic mass is 79.9. The zero-order valence-corrected chi connectivity index (χ0v) is 12.5. The predicted molar refractivity (Wildman–Crippen MR) is 77.4 cm³/mol. The predicted octanol–water partition coefficient (Wildman–Crippen LogP) is 4.33. The average molecular weight is 342 g/mol. The Bertz CT molecular complexity index is 617. The average Bonchev–Trinajstić information content (AvgIpc) is 2.40. The fourth-order valence-corrected chi connectivity index (χ4v) is 2.19. The summed E-state index contributed by atoms with van der Waals surface area (Å²) >= 11 is 3.36. The van der Waals surface area contributed by atoms with Crippen molar-refractivity contribution in [1.29, 1.82) is 0 Å². The number of hydrogen-bond donors (Lipinski definition) is 1. The van der Waals surface area contributed by atoms with E-state index in [9.17, 15) is 8.78 Å². The first kappa shape index (κ1) is 14.9. The molecule has 2 rings (SSSR count). The van der Waals surface area contributed by atoms with Crippen molar-refractivity contribution in [3.63, 3.8) is 0 Å². The van der Waals surface area contributed by atoms with Gasteiger partial charge in [-0.1, -0.05) is 15.9 Å². The van der Waals surface area contributed by atoms with Crippen LogP contribution in [0.3, 0.4) is 0 Å². The maximum absolute atomic E-state index is 13.5. The van der Waals surface area contributed by atoms with Crippen LogP contribution in [-0.4, -0.2) is 0 Å². The molecule has 2 aromatic carbocycles. The molecule has 0 bridgehead atoms. The molecular weight excluding hydrogens is 328 g/mol. The zero-order valence-electron chi connectivity index (χ0n) is 10.9. The Balaban J connectivity index is 2.20. The van der Waals surface area contributed by atoms with E-state index in [1.165, 1.54) is 0 Å². The number of benzene rings is 2. The summed E-state index contributed by atoms with van der Waals surface area (Å²) in [6, 6.07) is 8.47. The summed E-state index contributed by atoms with van der Waals surface area (Å²) < 4.78 is 33.1. The lowest BCUT2D eigenvalue weighted by molar-refractivity contribution is 0.294. The van der Waals surface area contributed by atoms with Crippen LogP contribution < -0.4 is 10.5 Å². The van der Waals surface area contributed by atoms with Crippen LogP contribution in [0, 0.1) is 11.6 Å². The topological polar surface area (TPSA) is 35.2 Å². The molecule has 0 saturated carbocycles. The third-order valence-corrected chi connectivity index (χ3v) is 3.35. The van der Waals surface area contributed by atoms with Crippen LogP contribution in [0.1, 0.15) is 24.1 Å². The number of rotatable bonds is 4. The monoisotopic (exact) mass is 341 g/mol. The molecule has 0 aliphatic heterocycles. The second kappa shape index (κ2) is 6.33. The molecule has 0 heterocycles. The minimum absolute atomic E-state index is 0.0506. The third kappa shape index (κ3) is 3.55. The highest BCUT2D eigenvalue weighted by molar-refractivity contribution is 9.10. The van der Waals surface area contributed by atoms with E-state index in [2.05, 4.69) is 15.9 Å². The molecule has 0 saturated heterocycles. The summed E-state index contributed by atoms with van der Waals surface area (Å²) in [5.74, 6) is -0.425. The van der Waals surface area contributed by atoms with Crippen molar-refractivity contribution >= 4 is 15.9 Å². The quantitative estimate of drug-likeness (QED) is 0.898. The summed E-state index contributed by atoms with van der Waals surface area (Å²) in [7, 11) is 0. The Hall–Kier alpha value is -1.46. The van der Waals surface area contributed by atoms with Crippen LogP contribution in [0.2, 0.25) is 0 Å². The van der Waals surface area contributed by atoms with Gasteiger partial charge in [-0.15, -0.1) is 0 Å². The molecule has 20 heavy (non-hydrogen) atoms. The summed E-state index contributed by atoms with van der Waals surface area (Å²) in [4.78, 5) is 0. The normalized spacial score (nSPS) is 12.2. The Labute approximate surface area is 124 Å². The van der Waals surface area contributed by atoms with Crippen LogP contribution in [0.25, 0.3) is 0 Å². The summed E-state index contributed by atoms with van der Waals surface area (Å²) in [6.07, 6.45) is 0. The standard InChI is InChI=1S/C15H14BrF2NO/c1-9(19)13-7-11(16)2-5-15(13)20-8-10-6-12(17)3-4-14(10)18/h2-7,9H,8,19H2,1H3/t9-/m0/s1. The minimum atomic E-state index is -0.495. The second-order valence-electron chi connectivity index (χ2n) is 4.50. The van der Waals surface area contributed by atoms with Gasteiger partial charge in [-0.25, -0.2) is 8.78 Å². The maximum atomic E-state index is 13.5. The number of ether oxygens (including phenoxy) is 1. The Morgan fingerprint density at radius 1 is 1.20 bits per heavy atom. The molecule has 2 nitrogen and oxygen atoms in total. The van der Waals surface area contributed by atoms with Crippen molar-refractivity contribution in [3.8, 4) is 5.75 Å². The molecule has 1 atom stereocenters. The fourth-order valence-electron chi connectivity index (χ4n) is 1.82. The molecule has 0 aliphatic rings. The first-order valence-electron chi connectivity index (χ1n) is 6.09. The largest absolute Gasteiger partial charge is 0.488 e. The van der Waals surface area contributed by atoms with E-state index in [1.54, 1.807) is 6.07 Å². The van der Waals surface area contributed by atoms with Crippen molar-refractivity contribution in [1.82, 2.24) is 0 Å². The van der Waals surface area contributed by atoms with Crippen molar-refractivity contribution < 1.29 is 13.5 Å². The van der Waals surface area contributed by atoms with Gasteiger partial charge in [0.05, 0.1) is 0 Å². The maximum Gasteiger partial charge on any atom is 0.130 e. The van der Waals surface area contributed by atoms with E-state index in [1.807, 2.05) is 19.1 Å².